The SMILES string of the molecule is CC(C)(C)c1ccc(C(Br)c2ccc(Br)cc2Cl)s1. The van der Waals surface area contributed by atoms with E-state index < -0.39 is 0 Å². The van der Waals surface area contributed by atoms with Gasteiger partial charge in [-0.25, -0.2) is 0 Å². The lowest BCUT2D eigenvalue weighted by Gasteiger charge is -2.16. The molecule has 1 heterocycles. The fourth-order valence-electron chi connectivity index (χ4n) is 1.75. The number of halogens is 3. The first-order valence-electron chi connectivity index (χ1n) is 5.98. The van der Waals surface area contributed by atoms with E-state index in [0.717, 1.165) is 15.1 Å². The van der Waals surface area contributed by atoms with Gasteiger partial charge >= 0.3 is 0 Å². The van der Waals surface area contributed by atoms with Crippen molar-refractivity contribution in [3.05, 3.63) is 55.1 Å². The van der Waals surface area contributed by atoms with E-state index in [4.69, 9.17) is 11.6 Å². The topological polar surface area (TPSA) is 0 Å². The number of benzene rings is 1. The monoisotopic (exact) mass is 420 g/mol. The summed E-state index contributed by atoms with van der Waals surface area (Å²) in [6.07, 6.45) is 0. The van der Waals surface area contributed by atoms with Gasteiger partial charge in [0, 0.05) is 19.2 Å². The molecule has 1 aromatic heterocycles. The molecule has 0 spiro atoms. The van der Waals surface area contributed by atoms with E-state index in [0.29, 0.717) is 0 Å². The summed E-state index contributed by atoms with van der Waals surface area (Å²) in [6, 6.07) is 10.4. The molecule has 1 aromatic carbocycles. The normalized spacial score (nSPS) is 13.6. The van der Waals surface area contributed by atoms with Crippen molar-refractivity contribution in [1.82, 2.24) is 0 Å². The fourth-order valence-corrected chi connectivity index (χ4v) is 4.56. The van der Waals surface area contributed by atoms with Gasteiger partial charge in [-0.15, -0.1) is 11.3 Å². The van der Waals surface area contributed by atoms with E-state index in [-0.39, 0.29) is 10.2 Å². The zero-order valence-electron chi connectivity index (χ0n) is 11.0. The molecule has 1 atom stereocenters. The van der Waals surface area contributed by atoms with Gasteiger partial charge in [0.1, 0.15) is 0 Å². The van der Waals surface area contributed by atoms with Crippen LogP contribution < -0.4 is 0 Å². The first-order valence-corrected chi connectivity index (χ1v) is 8.88. The van der Waals surface area contributed by atoms with Crippen LogP contribution in [0.1, 0.15) is 40.9 Å². The Morgan fingerprint density at radius 2 is 1.84 bits per heavy atom. The van der Waals surface area contributed by atoms with Crippen LogP contribution in [-0.2, 0) is 5.41 Å². The Hall–Kier alpha value is 0.170. The summed E-state index contributed by atoms with van der Waals surface area (Å²) >= 11 is 15.3. The second kappa shape index (κ2) is 5.88. The second-order valence-electron chi connectivity index (χ2n) is 5.48. The average molecular weight is 423 g/mol. The summed E-state index contributed by atoms with van der Waals surface area (Å²) < 4.78 is 1.00. The highest BCUT2D eigenvalue weighted by molar-refractivity contribution is 9.10. The molecule has 0 N–H and O–H groups in total. The molecule has 0 amide bonds. The van der Waals surface area contributed by atoms with Crippen LogP contribution in [0.4, 0.5) is 0 Å². The number of alkyl halides is 1. The lowest BCUT2D eigenvalue weighted by molar-refractivity contribution is 0.604. The lowest BCUT2D eigenvalue weighted by atomic mass is 9.95. The van der Waals surface area contributed by atoms with E-state index in [1.807, 2.05) is 23.5 Å². The van der Waals surface area contributed by atoms with Crippen molar-refractivity contribution in [3.63, 3.8) is 0 Å². The van der Waals surface area contributed by atoms with Crippen LogP contribution in [0.3, 0.4) is 0 Å². The molecule has 0 saturated carbocycles. The lowest BCUT2D eigenvalue weighted by Crippen LogP contribution is -2.07. The summed E-state index contributed by atoms with van der Waals surface area (Å²) in [5, 5.41) is 0.780. The molecule has 0 fully saturated rings. The van der Waals surface area contributed by atoms with Crippen molar-refractivity contribution in [2.45, 2.75) is 31.0 Å². The minimum Gasteiger partial charge on any atom is -0.143 e. The van der Waals surface area contributed by atoms with E-state index >= 15 is 0 Å². The van der Waals surface area contributed by atoms with Crippen LogP contribution in [-0.4, -0.2) is 0 Å². The second-order valence-corrected chi connectivity index (χ2v) is 8.83. The number of hydrogen-bond acceptors (Lipinski definition) is 1. The number of thiophene rings is 1. The minimum atomic E-state index is 0.147. The Balaban J connectivity index is 2.34. The van der Waals surface area contributed by atoms with E-state index in [1.165, 1.54) is 9.75 Å². The maximum Gasteiger partial charge on any atom is 0.0752 e. The molecular weight excluding hydrogens is 407 g/mol. The van der Waals surface area contributed by atoms with Crippen LogP contribution in [0.15, 0.2) is 34.8 Å². The van der Waals surface area contributed by atoms with E-state index in [2.05, 4.69) is 70.8 Å². The van der Waals surface area contributed by atoms with Crippen molar-refractivity contribution < 1.29 is 0 Å². The fraction of sp³-hybridized carbons (Fsp3) is 0.333. The van der Waals surface area contributed by atoms with Gasteiger partial charge in [-0.3, -0.25) is 0 Å². The van der Waals surface area contributed by atoms with Gasteiger partial charge in [-0.2, -0.15) is 0 Å². The molecule has 0 nitrogen and oxygen atoms in total. The van der Waals surface area contributed by atoms with Crippen molar-refractivity contribution in [3.8, 4) is 0 Å². The smallest absolute Gasteiger partial charge is 0.0752 e. The van der Waals surface area contributed by atoms with E-state index in [1.54, 1.807) is 0 Å². The Bertz CT molecular complexity index is 584. The highest BCUT2D eigenvalue weighted by Crippen LogP contribution is 2.41. The molecule has 0 saturated heterocycles. The average Bonchev–Trinajstić information content (AvgIpc) is 2.76. The van der Waals surface area contributed by atoms with Gasteiger partial charge in [0.25, 0.3) is 0 Å². The molecular formula is C15H15Br2ClS. The van der Waals surface area contributed by atoms with Crippen molar-refractivity contribution in [2.24, 2.45) is 0 Å². The molecule has 2 rings (SSSR count). The molecule has 19 heavy (non-hydrogen) atoms. The first-order chi connectivity index (χ1) is 8.79. The maximum absolute atomic E-state index is 6.32. The zero-order chi connectivity index (χ0) is 14.2. The standard InChI is InChI=1S/C15H15Br2ClS/c1-15(2,3)13-7-6-12(19-13)14(17)10-5-4-9(16)8-11(10)18/h4-8,14H,1-3H3. The van der Waals surface area contributed by atoms with Crippen LogP contribution in [0.5, 0.6) is 0 Å². The molecule has 102 valence electrons. The molecule has 0 aliphatic heterocycles. The van der Waals surface area contributed by atoms with Gasteiger partial charge < -0.3 is 0 Å². The summed E-state index contributed by atoms with van der Waals surface area (Å²) in [4.78, 5) is 2.82. The molecule has 4 heteroatoms. The van der Waals surface area contributed by atoms with Gasteiger partial charge in [-0.1, -0.05) is 70.3 Å². The van der Waals surface area contributed by atoms with Crippen LogP contribution in [0.25, 0.3) is 0 Å². The highest BCUT2D eigenvalue weighted by atomic mass is 79.9. The summed E-state index contributed by atoms with van der Waals surface area (Å²) in [6.45, 7) is 6.70. The van der Waals surface area contributed by atoms with Crippen LogP contribution >= 0.6 is 54.8 Å². The molecule has 0 aliphatic rings. The molecule has 0 aliphatic carbocycles. The Kier molecular flexibility index (Phi) is 4.82. The van der Waals surface area contributed by atoms with Crippen LogP contribution in [0.2, 0.25) is 5.02 Å². The predicted molar refractivity (Wildman–Crippen MR) is 92.9 cm³/mol. The Morgan fingerprint density at radius 3 is 2.37 bits per heavy atom. The summed E-state index contributed by atoms with van der Waals surface area (Å²) in [7, 11) is 0. The molecule has 2 aromatic rings. The Morgan fingerprint density at radius 1 is 1.16 bits per heavy atom. The highest BCUT2D eigenvalue weighted by Gasteiger charge is 2.20. The van der Waals surface area contributed by atoms with Gasteiger partial charge in [-0.05, 0) is 35.2 Å². The van der Waals surface area contributed by atoms with Crippen molar-refractivity contribution in [1.29, 1.82) is 0 Å². The molecule has 1 unspecified atom stereocenters. The van der Waals surface area contributed by atoms with E-state index in [9.17, 15) is 0 Å². The zero-order valence-corrected chi connectivity index (χ0v) is 15.8. The first kappa shape index (κ1) is 15.6. The minimum absolute atomic E-state index is 0.147. The number of rotatable bonds is 2. The number of hydrogen-bond donors (Lipinski definition) is 0. The quantitative estimate of drug-likeness (QED) is 0.460. The molecule has 0 radical (unpaired) electrons. The third-order valence-electron chi connectivity index (χ3n) is 2.85. The van der Waals surface area contributed by atoms with Gasteiger partial charge in [0.2, 0.25) is 0 Å². The third-order valence-corrected chi connectivity index (χ3v) is 6.54. The summed E-state index contributed by atoms with van der Waals surface area (Å²) in [5.74, 6) is 0. The van der Waals surface area contributed by atoms with Gasteiger partial charge in [0.15, 0.2) is 0 Å². The maximum atomic E-state index is 6.32. The largest absolute Gasteiger partial charge is 0.143 e. The predicted octanol–water partition coefficient (Wildman–Crippen LogP) is 6.95. The van der Waals surface area contributed by atoms with Crippen LogP contribution in [0, 0.1) is 0 Å². The molecule has 0 bridgehead atoms. The van der Waals surface area contributed by atoms with Crippen molar-refractivity contribution in [2.75, 3.05) is 0 Å². The van der Waals surface area contributed by atoms with Crippen molar-refractivity contribution >= 4 is 54.8 Å². The van der Waals surface area contributed by atoms with Gasteiger partial charge in [0.05, 0.1) is 4.83 Å². The summed E-state index contributed by atoms with van der Waals surface area (Å²) in [5.41, 5.74) is 1.30. The third kappa shape index (κ3) is 3.63. The Labute approximate surface area is 140 Å².